The van der Waals surface area contributed by atoms with Crippen molar-refractivity contribution >= 4 is 34.6 Å². The van der Waals surface area contributed by atoms with Crippen LogP contribution in [-0.2, 0) is 0 Å². The van der Waals surface area contributed by atoms with Crippen LogP contribution in [-0.4, -0.2) is 24.1 Å². The number of nitrogens with zero attached hydrogens (tertiary/aromatic N) is 1. The fraction of sp³-hybridized carbons (Fsp3) is 0.300. The molecule has 0 aliphatic carbocycles. The molecule has 0 aliphatic heterocycles. The number of rotatable bonds is 5. The number of carbonyl (C=O) groups is 1. The van der Waals surface area contributed by atoms with Gasteiger partial charge in [0, 0.05) is 30.0 Å². The Kier molecular flexibility index (Phi) is 6.53. The smallest absolute Gasteiger partial charge is 0.257 e. The number of anilines is 2. The Morgan fingerprint density at radius 3 is 2.40 bits per heavy atom. The lowest BCUT2D eigenvalue weighted by Gasteiger charge is -2.22. The van der Waals surface area contributed by atoms with E-state index in [-0.39, 0.29) is 5.91 Å². The third-order valence-corrected chi connectivity index (χ3v) is 4.30. The van der Waals surface area contributed by atoms with Crippen molar-refractivity contribution in [3.63, 3.8) is 0 Å². The van der Waals surface area contributed by atoms with Gasteiger partial charge in [0.15, 0.2) is 5.11 Å². The molecular formula is C20H25N3OS. The van der Waals surface area contributed by atoms with Crippen LogP contribution in [0.3, 0.4) is 0 Å². The Morgan fingerprint density at radius 2 is 1.80 bits per heavy atom. The van der Waals surface area contributed by atoms with Crippen molar-refractivity contribution in [2.75, 3.05) is 23.3 Å². The summed E-state index contributed by atoms with van der Waals surface area (Å²) in [7, 11) is 0. The summed E-state index contributed by atoms with van der Waals surface area (Å²) < 4.78 is 0. The van der Waals surface area contributed by atoms with Crippen molar-refractivity contribution < 1.29 is 4.79 Å². The van der Waals surface area contributed by atoms with E-state index in [1.165, 1.54) is 5.69 Å². The van der Waals surface area contributed by atoms with Gasteiger partial charge >= 0.3 is 0 Å². The second kappa shape index (κ2) is 8.62. The summed E-state index contributed by atoms with van der Waals surface area (Å²) in [5.74, 6) is -0.210. The van der Waals surface area contributed by atoms with Gasteiger partial charge in [0.2, 0.25) is 0 Å². The molecule has 0 bridgehead atoms. The normalized spacial score (nSPS) is 10.2. The predicted molar refractivity (Wildman–Crippen MR) is 110 cm³/mol. The summed E-state index contributed by atoms with van der Waals surface area (Å²) in [5, 5.41) is 6.13. The Bertz CT molecular complexity index is 769. The van der Waals surface area contributed by atoms with Crippen molar-refractivity contribution in [1.82, 2.24) is 5.32 Å². The lowest BCUT2D eigenvalue weighted by atomic mass is 10.1. The summed E-state index contributed by atoms with van der Waals surface area (Å²) in [4.78, 5) is 14.5. The number of amides is 1. The molecule has 0 spiro atoms. The first-order valence-electron chi connectivity index (χ1n) is 8.49. The van der Waals surface area contributed by atoms with E-state index in [0.29, 0.717) is 10.7 Å². The standard InChI is InChI=1S/C20H25N3OS/c1-5-23(6-2)17-10-11-18(15(4)13-17)21-20(25)22-19(24)16-9-7-8-14(3)12-16/h7-13H,5-6H2,1-4H3,(H2,21,22,24,25). The molecule has 0 fully saturated rings. The maximum atomic E-state index is 12.3. The lowest BCUT2D eigenvalue weighted by Crippen LogP contribution is -2.34. The van der Waals surface area contributed by atoms with Crippen molar-refractivity contribution in [3.05, 3.63) is 59.2 Å². The molecule has 4 nitrogen and oxygen atoms in total. The van der Waals surface area contributed by atoms with Gasteiger partial charge < -0.3 is 10.2 Å². The third kappa shape index (κ3) is 5.03. The van der Waals surface area contributed by atoms with E-state index >= 15 is 0 Å². The maximum absolute atomic E-state index is 12.3. The van der Waals surface area contributed by atoms with E-state index in [2.05, 4.69) is 41.5 Å². The van der Waals surface area contributed by atoms with Crippen LogP contribution in [0.5, 0.6) is 0 Å². The monoisotopic (exact) mass is 355 g/mol. The number of hydrogen-bond acceptors (Lipinski definition) is 3. The van der Waals surface area contributed by atoms with Crippen molar-refractivity contribution in [2.24, 2.45) is 0 Å². The predicted octanol–water partition coefficient (Wildman–Crippen LogP) is 4.28. The van der Waals surface area contributed by atoms with Gasteiger partial charge in [0.05, 0.1) is 0 Å². The second-order valence-corrected chi connectivity index (χ2v) is 6.36. The van der Waals surface area contributed by atoms with E-state index in [4.69, 9.17) is 12.2 Å². The lowest BCUT2D eigenvalue weighted by molar-refractivity contribution is 0.0977. The van der Waals surface area contributed by atoms with E-state index in [0.717, 1.165) is 29.9 Å². The first kappa shape index (κ1) is 18.9. The molecule has 0 saturated carbocycles. The van der Waals surface area contributed by atoms with Crippen LogP contribution in [0.25, 0.3) is 0 Å². The zero-order valence-electron chi connectivity index (χ0n) is 15.2. The molecule has 0 heterocycles. The van der Waals surface area contributed by atoms with Gasteiger partial charge in [-0.05, 0) is 75.8 Å². The molecular weight excluding hydrogens is 330 g/mol. The number of thiocarbonyl (C=S) groups is 1. The minimum Gasteiger partial charge on any atom is -0.372 e. The number of benzene rings is 2. The maximum Gasteiger partial charge on any atom is 0.257 e. The molecule has 2 N–H and O–H groups in total. The number of aryl methyl sites for hydroxylation is 2. The molecule has 132 valence electrons. The van der Waals surface area contributed by atoms with Crippen LogP contribution in [0.15, 0.2) is 42.5 Å². The zero-order chi connectivity index (χ0) is 18.4. The van der Waals surface area contributed by atoms with Crippen LogP contribution < -0.4 is 15.5 Å². The van der Waals surface area contributed by atoms with Gasteiger partial charge in [-0.25, -0.2) is 0 Å². The van der Waals surface area contributed by atoms with Gasteiger partial charge in [0.1, 0.15) is 0 Å². The van der Waals surface area contributed by atoms with E-state index in [1.54, 1.807) is 6.07 Å². The summed E-state index contributed by atoms with van der Waals surface area (Å²) in [5.41, 5.74) is 4.79. The molecule has 0 saturated heterocycles. The number of carbonyl (C=O) groups excluding carboxylic acids is 1. The van der Waals surface area contributed by atoms with Crippen LogP contribution in [0.2, 0.25) is 0 Å². The Hall–Kier alpha value is -2.40. The van der Waals surface area contributed by atoms with E-state index in [9.17, 15) is 4.79 Å². The first-order chi connectivity index (χ1) is 11.9. The highest BCUT2D eigenvalue weighted by atomic mass is 32.1. The average Bonchev–Trinajstić information content (AvgIpc) is 2.58. The van der Waals surface area contributed by atoms with Gasteiger partial charge in [-0.3, -0.25) is 10.1 Å². The first-order valence-corrected chi connectivity index (χ1v) is 8.90. The fourth-order valence-electron chi connectivity index (χ4n) is 2.69. The average molecular weight is 356 g/mol. The Labute approximate surface area is 155 Å². The molecule has 5 heteroatoms. The molecule has 0 atom stereocenters. The molecule has 0 radical (unpaired) electrons. The minimum atomic E-state index is -0.210. The topological polar surface area (TPSA) is 44.4 Å². The van der Waals surface area contributed by atoms with Crippen LogP contribution in [0.1, 0.15) is 35.3 Å². The summed E-state index contributed by atoms with van der Waals surface area (Å²) >= 11 is 5.28. The van der Waals surface area contributed by atoms with Crippen LogP contribution >= 0.6 is 12.2 Å². The summed E-state index contributed by atoms with van der Waals surface area (Å²) in [6.45, 7) is 10.2. The molecule has 2 aromatic rings. The Balaban J connectivity index is 2.04. The third-order valence-electron chi connectivity index (χ3n) is 4.09. The van der Waals surface area contributed by atoms with Gasteiger partial charge in [-0.2, -0.15) is 0 Å². The largest absolute Gasteiger partial charge is 0.372 e. The molecule has 2 rings (SSSR count). The van der Waals surface area contributed by atoms with Crippen molar-refractivity contribution in [3.8, 4) is 0 Å². The molecule has 0 unspecified atom stereocenters. The SMILES string of the molecule is CCN(CC)c1ccc(NC(=S)NC(=O)c2cccc(C)c2)c(C)c1. The number of hydrogen-bond donors (Lipinski definition) is 2. The molecule has 0 aliphatic rings. The Morgan fingerprint density at radius 1 is 1.08 bits per heavy atom. The van der Waals surface area contributed by atoms with E-state index in [1.807, 2.05) is 38.1 Å². The highest BCUT2D eigenvalue weighted by Gasteiger charge is 2.10. The summed E-state index contributed by atoms with van der Waals surface area (Å²) in [6, 6.07) is 13.6. The molecule has 0 aromatic heterocycles. The molecule has 1 amide bonds. The van der Waals surface area contributed by atoms with Gasteiger partial charge in [0.25, 0.3) is 5.91 Å². The zero-order valence-corrected chi connectivity index (χ0v) is 16.0. The fourth-order valence-corrected chi connectivity index (χ4v) is 2.89. The van der Waals surface area contributed by atoms with Gasteiger partial charge in [-0.1, -0.05) is 17.7 Å². The summed E-state index contributed by atoms with van der Waals surface area (Å²) in [6.07, 6.45) is 0. The van der Waals surface area contributed by atoms with Crippen molar-refractivity contribution in [1.29, 1.82) is 0 Å². The quantitative estimate of drug-likeness (QED) is 0.786. The molecule has 2 aromatic carbocycles. The van der Waals surface area contributed by atoms with Crippen LogP contribution in [0, 0.1) is 13.8 Å². The highest BCUT2D eigenvalue weighted by molar-refractivity contribution is 7.80. The van der Waals surface area contributed by atoms with Gasteiger partial charge in [-0.15, -0.1) is 0 Å². The van der Waals surface area contributed by atoms with E-state index < -0.39 is 0 Å². The minimum absolute atomic E-state index is 0.210. The van der Waals surface area contributed by atoms with Crippen LogP contribution in [0.4, 0.5) is 11.4 Å². The second-order valence-electron chi connectivity index (χ2n) is 5.95. The highest BCUT2D eigenvalue weighted by Crippen LogP contribution is 2.22. The number of nitrogens with one attached hydrogen (secondary N) is 2. The van der Waals surface area contributed by atoms with Crippen molar-refractivity contribution in [2.45, 2.75) is 27.7 Å². The molecule has 25 heavy (non-hydrogen) atoms.